The summed E-state index contributed by atoms with van der Waals surface area (Å²) in [5.74, 6) is 1.29. The van der Waals surface area contributed by atoms with Gasteiger partial charge in [0.15, 0.2) is 0 Å². The molecule has 100 valence electrons. The molecule has 0 aliphatic heterocycles. The van der Waals surface area contributed by atoms with Gasteiger partial charge in [0.25, 0.3) is 0 Å². The van der Waals surface area contributed by atoms with Crippen molar-refractivity contribution in [1.29, 1.82) is 0 Å². The Morgan fingerprint density at radius 3 is 2.61 bits per heavy atom. The first-order chi connectivity index (χ1) is 8.40. The summed E-state index contributed by atoms with van der Waals surface area (Å²) < 4.78 is 13.6. The van der Waals surface area contributed by atoms with Crippen LogP contribution in [0, 0.1) is 24.6 Å². The van der Waals surface area contributed by atoms with Crippen LogP contribution in [0.15, 0.2) is 12.1 Å². The normalized spacial score (nSPS) is 23.9. The topological polar surface area (TPSA) is 23.5 Å². The van der Waals surface area contributed by atoms with E-state index >= 15 is 0 Å². The third-order valence-corrected chi connectivity index (χ3v) is 3.95. The van der Waals surface area contributed by atoms with Crippen molar-refractivity contribution in [3.63, 3.8) is 0 Å². The molecule has 1 N–H and O–H groups in total. The lowest BCUT2D eigenvalue weighted by atomic mass is 10.0. The monoisotopic (exact) mass is 251 g/mol. The van der Waals surface area contributed by atoms with Crippen LogP contribution in [0.2, 0.25) is 0 Å². The summed E-state index contributed by atoms with van der Waals surface area (Å²) in [6, 6.07) is 3.30. The van der Waals surface area contributed by atoms with E-state index in [2.05, 4.69) is 11.8 Å². The van der Waals surface area contributed by atoms with E-state index in [4.69, 9.17) is 0 Å². The van der Waals surface area contributed by atoms with Crippen LogP contribution in [0.5, 0.6) is 0 Å². The van der Waals surface area contributed by atoms with Gasteiger partial charge in [0.05, 0.1) is 6.10 Å². The number of benzene rings is 1. The Morgan fingerprint density at radius 1 is 1.50 bits per heavy atom. The Balaban J connectivity index is 2.26. The molecule has 0 amide bonds. The van der Waals surface area contributed by atoms with E-state index in [9.17, 15) is 9.50 Å². The number of anilines is 1. The van der Waals surface area contributed by atoms with E-state index in [0.717, 1.165) is 24.1 Å². The second kappa shape index (κ2) is 4.88. The highest BCUT2D eigenvalue weighted by Crippen LogP contribution is 2.39. The van der Waals surface area contributed by atoms with Crippen molar-refractivity contribution in [2.75, 3.05) is 18.5 Å². The average molecular weight is 251 g/mol. The van der Waals surface area contributed by atoms with E-state index in [1.165, 1.54) is 12.5 Å². The first kappa shape index (κ1) is 13.3. The third kappa shape index (κ3) is 2.66. The lowest BCUT2D eigenvalue weighted by Gasteiger charge is -2.24. The molecule has 0 bridgehead atoms. The highest BCUT2D eigenvalue weighted by Gasteiger charge is 2.33. The van der Waals surface area contributed by atoms with Crippen molar-refractivity contribution < 1.29 is 9.50 Å². The van der Waals surface area contributed by atoms with Gasteiger partial charge in [0.2, 0.25) is 0 Å². The van der Waals surface area contributed by atoms with Crippen molar-refractivity contribution in [3.8, 4) is 0 Å². The fourth-order valence-electron chi connectivity index (χ4n) is 2.45. The van der Waals surface area contributed by atoms with Gasteiger partial charge in [-0.1, -0.05) is 6.92 Å². The fraction of sp³-hybridized carbons (Fsp3) is 0.600. The van der Waals surface area contributed by atoms with E-state index in [0.29, 0.717) is 11.1 Å². The van der Waals surface area contributed by atoms with E-state index in [-0.39, 0.29) is 5.82 Å². The molecule has 0 heterocycles. The van der Waals surface area contributed by atoms with Crippen LogP contribution in [0.3, 0.4) is 0 Å². The molecule has 3 heteroatoms. The van der Waals surface area contributed by atoms with Crippen LogP contribution in [-0.4, -0.2) is 18.7 Å². The molecule has 18 heavy (non-hydrogen) atoms. The predicted molar refractivity (Wildman–Crippen MR) is 72.3 cm³/mol. The Bertz CT molecular complexity index is 444. The number of hydrogen-bond donors (Lipinski definition) is 1. The largest absolute Gasteiger partial charge is 0.389 e. The Kier molecular flexibility index (Phi) is 3.62. The molecule has 1 aromatic rings. The van der Waals surface area contributed by atoms with E-state index < -0.39 is 6.10 Å². The second-order valence-electron chi connectivity index (χ2n) is 5.69. The lowest BCUT2D eigenvalue weighted by molar-refractivity contribution is 0.199. The first-order valence-corrected chi connectivity index (χ1v) is 6.59. The van der Waals surface area contributed by atoms with Crippen molar-refractivity contribution in [3.05, 3.63) is 29.1 Å². The maximum absolute atomic E-state index is 13.6. The zero-order chi connectivity index (χ0) is 13.4. The molecule has 3 unspecified atom stereocenters. The van der Waals surface area contributed by atoms with Gasteiger partial charge in [-0.2, -0.15) is 0 Å². The van der Waals surface area contributed by atoms with Crippen molar-refractivity contribution in [2.45, 2.75) is 33.3 Å². The zero-order valence-corrected chi connectivity index (χ0v) is 11.6. The third-order valence-electron chi connectivity index (χ3n) is 3.95. The van der Waals surface area contributed by atoms with Gasteiger partial charge >= 0.3 is 0 Å². The minimum Gasteiger partial charge on any atom is -0.389 e. The van der Waals surface area contributed by atoms with Crippen molar-refractivity contribution in [1.82, 2.24) is 0 Å². The molecule has 0 saturated heterocycles. The van der Waals surface area contributed by atoms with Gasteiger partial charge in [-0.3, -0.25) is 0 Å². The molecule has 0 aromatic heterocycles. The molecule has 0 spiro atoms. The number of aryl methyl sites for hydroxylation is 1. The maximum atomic E-state index is 13.6. The number of hydrogen-bond acceptors (Lipinski definition) is 2. The molecule has 2 rings (SSSR count). The molecular formula is C15H22FNO. The zero-order valence-electron chi connectivity index (χ0n) is 11.6. The van der Waals surface area contributed by atoms with Crippen LogP contribution in [0.25, 0.3) is 0 Å². The highest BCUT2D eigenvalue weighted by atomic mass is 19.1. The molecule has 3 atom stereocenters. The van der Waals surface area contributed by atoms with Gasteiger partial charge in [-0.25, -0.2) is 4.39 Å². The smallest absolute Gasteiger partial charge is 0.126 e. The molecule has 1 fully saturated rings. The summed E-state index contributed by atoms with van der Waals surface area (Å²) in [6.45, 7) is 6.68. The summed E-state index contributed by atoms with van der Waals surface area (Å²) in [7, 11) is 2.02. The fourth-order valence-corrected chi connectivity index (χ4v) is 2.45. The first-order valence-electron chi connectivity index (χ1n) is 6.59. The molecule has 1 aliphatic rings. The molecule has 0 radical (unpaired) electrons. The molecule has 1 aromatic carbocycles. The van der Waals surface area contributed by atoms with Crippen LogP contribution in [-0.2, 0) is 0 Å². The van der Waals surface area contributed by atoms with Gasteiger partial charge in [0.1, 0.15) is 5.82 Å². The lowest BCUT2D eigenvalue weighted by Crippen LogP contribution is -2.22. The number of rotatable bonds is 4. The predicted octanol–water partition coefficient (Wildman–Crippen LogP) is 3.28. The summed E-state index contributed by atoms with van der Waals surface area (Å²) >= 11 is 0. The van der Waals surface area contributed by atoms with Crippen molar-refractivity contribution >= 4 is 5.69 Å². The SMILES string of the molecule is Cc1cc(N(C)CC2CC2C)c(C(C)O)cc1F. The maximum Gasteiger partial charge on any atom is 0.126 e. The minimum absolute atomic E-state index is 0.247. The number of aliphatic hydroxyl groups is 1. The Morgan fingerprint density at radius 2 is 2.11 bits per heavy atom. The molecule has 2 nitrogen and oxygen atoms in total. The quantitative estimate of drug-likeness (QED) is 0.887. The molecule has 1 aliphatic carbocycles. The van der Waals surface area contributed by atoms with Gasteiger partial charge in [-0.15, -0.1) is 0 Å². The van der Waals surface area contributed by atoms with Gasteiger partial charge in [-0.05, 0) is 49.8 Å². The van der Waals surface area contributed by atoms with Gasteiger partial charge in [0, 0.05) is 24.8 Å². The van der Waals surface area contributed by atoms with Crippen LogP contribution in [0.1, 0.15) is 37.5 Å². The second-order valence-corrected chi connectivity index (χ2v) is 5.69. The van der Waals surface area contributed by atoms with Crippen LogP contribution >= 0.6 is 0 Å². The standard InChI is InChI=1S/C15H22FNO/c1-9-5-12(9)8-17(4)15-6-10(2)14(16)7-13(15)11(3)18/h6-7,9,11-12,18H,5,8H2,1-4H3. The summed E-state index contributed by atoms with van der Waals surface area (Å²) in [5, 5.41) is 9.78. The van der Waals surface area contributed by atoms with Gasteiger partial charge < -0.3 is 10.0 Å². The number of halogens is 1. The van der Waals surface area contributed by atoms with Crippen LogP contribution in [0.4, 0.5) is 10.1 Å². The summed E-state index contributed by atoms with van der Waals surface area (Å²) in [6.07, 6.45) is 0.628. The molecular weight excluding hydrogens is 229 g/mol. The van der Waals surface area contributed by atoms with E-state index in [1.807, 2.05) is 13.1 Å². The summed E-state index contributed by atoms with van der Waals surface area (Å²) in [5.41, 5.74) is 2.25. The average Bonchev–Trinajstić information content (AvgIpc) is 2.97. The highest BCUT2D eigenvalue weighted by molar-refractivity contribution is 5.56. The summed E-state index contributed by atoms with van der Waals surface area (Å²) in [4.78, 5) is 2.14. The van der Waals surface area contributed by atoms with Crippen LogP contribution < -0.4 is 4.90 Å². The Hall–Kier alpha value is -1.09. The minimum atomic E-state index is -0.644. The van der Waals surface area contributed by atoms with E-state index in [1.54, 1.807) is 13.8 Å². The Labute approximate surface area is 108 Å². The number of aliphatic hydroxyl groups excluding tert-OH is 1. The number of nitrogens with zero attached hydrogens (tertiary/aromatic N) is 1. The molecule has 1 saturated carbocycles. The van der Waals surface area contributed by atoms with Crippen molar-refractivity contribution in [2.24, 2.45) is 11.8 Å².